The summed E-state index contributed by atoms with van der Waals surface area (Å²) in [5.41, 5.74) is -0.939. The molecule has 0 unspecified atom stereocenters. The van der Waals surface area contributed by atoms with E-state index >= 15 is 0 Å². The van der Waals surface area contributed by atoms with Gasteiger partial charge in [0.05, 0.1) is 11.1 Å². The molecule has 1 aromatic rings. The average molecular weight is 351 g/mol. The first-order valence-corrected chi connectivity index (χ1v) is 9.17. The van der Waals surface area contributed by atoms with E-state index in [4.69, 9.17) is 0 Å². The van der Waals surface area contributed by atoms with E-state index in [0.717, 1.165) is 43.1 Å². The molecular formula is C20H24F3NO. The second-order valence-electron chi connectivity index (χ2n) is 8.62. The van der Waals surface area contributed by atoms with Gasteiger partial charge in [0.25, 0.3) is 5.91 Å². The summed E-state index contributed by atoms with van der Waals surface area (Å²) in [4.78, 5) is 14.3. The Labute approximate surface area is 146 Å². The van der Waals surface area contributed by atoms with Crippen LogP contribution in [0, 0.1) is 23.2 Å². The Morgan fingerprint density at radius 1 is 1.08 bits per heavy atom. The molecule has 0 N–H and O–H groups in total. The van der Waals surface area contributed by atoms with Crippen molar-refractivity contribution >= 4 is 5.91 Å². The number of alkyl halides is 3. The van der Waals surface area contributed by atoms with E-state index in [-0.39, 0.29) is 11.0 Å². The number of halogens is 3. The molecule has 0 saturated heterocycles. The monoisotopic (exact) mass is 351 g/mol. The molecule has 2 nitrogen and oxygen atoms in total. The summed E-state index contributed by atoms with van der Waals surface area (Å²) in [7, 11) is 1.66. The van der Waals surface area contributed by atoms with Crippen molar-refractivity contribution in [3.63, 3.8) is 0 Å². The number of hydrogen-bond donors (Lipinski definition) is 0. The smallest absolute Gasteiger partial charge is 0.341 e. The summed E-state index contributed by atoms with van der Waals surface area (Å²) in [5, 5.41) is 0. The van der Waals surface area contributed by atoms with Crippen molar-refractivity contribution < 1.29 is 18.0 Å². The van der Waals surface area contributed by atoms with Crippen LogP contribution in [0.5, 0.6) is 0 Å². The highest BCUT2D eigenvalue weighted by atomic mass is 19.4. The third kappa shape index (κ3) is 3.06. The third-order valence-electron chi connectivity index (χ3n) is 6.55. The molecule has 1 amide bonds. The predicted octanol–water partition coefficient (Wildman–Crippen LogP) is 4.99. The number of carbonyl (C=O) groups is 1. The van der Waals surface area contributed by atoms with Crippen molar-refractivity contribution in [1.82, 2.24) is 4.90 Å². The van der Waals surface area contributed by atoms with Gasteiger partial charge < -0.3 is 4.90 Å². The second-order valence-corrected chi connectivity index (χ2v) is 8.62. The zero-order valence-electron chi connectivity index (χ0n) is 14.5. The summed E-state index contributed by atoms with van der Waals surface area (Å²) in [6.07, 6.45) is 2.84. The molecule has 25 heavy (non-hydrogen) atoms. The van der Waals surface area contributed by atoms with Gasteiger partial charge in [-0.2, -0.15) is 13.2 Å². The van der Waals surface area contributed by atoms with E-state index in [1.807, 2.05) is 0 Å². The average Bonchev–Trinajstić information content (AvgIpc) is 2.51. The van der Waals surface area contributed by atoms with Crippen LogP contribution in [-0.4, -0.2) is 24.4 Å². The van der Waals surface area contributed by atoms with Crippen LogP contribution in [0.25, 0.3) is 0 Å². The standard InChI is InChI=1S/C20H24F3NO/c1-24(18(25)16-4-2-3-5-17(16)20(21,22)23)12-19-9-13-6-14(10-19)8-15(7-13)11-19/h2-5,13-15H,6-12H2,1H3. The van der Waals surface area contributed by atoms with E-state index < -0.39 is 17.6 Å². The van der Waals surface area contributed by atoms with Gasteiger partial charge in [-0.1, -0.05) is 12.1 Å². The number of hydrogen-bond acceptors (Lipinski definition) is 1. The van der Waals surface area contributed by atoms with Crippen LogP contribution < -0.4 is 0 Å². The zero-order valence-corrected chi connectivity index (χ0v) is 14.5. The molecule has 4 fully saturated rings. The fraction of sp³-hybridized carbons (Fsp3) is 0.650. The quantitative estimate of drug-likeness (QED) is 0.751. The lowest BCUT2D eigenvalue weighted by molar-refractivity contribution is -0.138. The first-order chi connectivity index (χ1) is 11.8. The fourth-order valence-corrected chi connectivity index (χ4v) is 6.18. The molecule has 0 aromatic heterocycles. The lowest BCUT2D eigenvalue weighted by atomic mass is 9.49. The van der Waals surface area contributed by atoms with Crippen molar-refractivity contribution in [1.29, 1.82) is 0 Å². The number of rotatable bonds is 3. The van der Waals surface area contributed by atoms with E-state index in [1.165, 1.54) is 42.4 Å². The number of benzene rings is 1. The van der Waals surface area contributed by atoms with Gasteiger partial charge in [-0.05, 0) is 73.8 Å². The topological polar surface area (TPSA) is 20.3 Å². The van der Waals surface area contributed by atoms with Crippen molar-refractivity contribution in [3.05, 3.63) is 35.4 Å². The van der Waals surface area contributed by atoms with Crippen LogP contribution in [0.4, 0.5) is 13.2 Å². The van der Waals surface area contributed by atoms with Crippen LogP contribution >= 0.6 is 0 Å². The normalized spacial score (nSPS) is 33.5. The van der Waals surface area contributed by atoms with Gasteiger partial charge in [0, 0.05) is 13.6 Å². The highest BCUT2D eigenvalue weighted by molar-refractivity contribution is 5.95. The van der Waals surface area contributed by atoms with Crippen molar-refractivity contribution in [2.24, 2.45) is 23.2 Å². The minimum Gasteiger partial charge on any atom is -0.341 e. The van der Waals surface area contributed by atoms with Crippen LogP contribution in [0.3, 0.4) is 0 Å². The van der Waals surface area contributed by atoms with Crippen LogP contribution in [-0.2, 0) is 6.18 Å². The Morgan fingerprint density at radius 3 is 2.12 bits per heavy atom. The SMILES string of the molecule is CN(CC12CC3CC(CC(C3)C1)C2)C(=O)c1ccccc1C(F)(F)F. The molecular weight excluding hydrogens is 327 g/mol. The highest BCUT2D eigenvalue weighted by Gasteiger charge is 2.51. The van der Waals surface area contributed by atoms with Crippen LogP contribution in [0.2, 0.25) is 0 Å². The number of amides is 1. The minimum atomic E-state index is -4.51. The molecule has 0 atom stereocenters. The predicted molar refractivity (Wildman–Crippen MR) is 89.0 cm³/mol. The molecule has 4 aliphatic rings. The van der Waals surface area contributed by atoms with Gasteiger partial charge in [-0.15, -0.1) is 0 Å². The Balaban J connectivity index is 1.54. The van der Waals surface area contributed by atoms with Gasteiger partial charge in [-0.3, -0.25) is 4.79 Å². The van der Waals surface area contributed by atoms with Gasteiger partial charge in [0.1, 0.15) is 0 Å². The van der Waals surface area contributed by atoms with Crippen LogP contribution in [0.1, 0.15) is 54.4 Å². The maximum Gasteiger partial charge on any atom is 0.417 e. The Morgan fingerprint density at radius 2 is 1.60 bits per heavy atom. The first kappa shape index (κ1) is 16.9. The lowest BCUT2D eigenvalue weighted by Gasteiger charge is -2.57. The molecule has 4 aliphatic carbocycles. The summed E-state index contributed by atoms with van der Waals surface area (Å²) in [5.74, 6) is 1.77. The molecule has 5 rings (SSSR count). The van der Waals surface area contributed by atoms with E-state index in [2.05, 4.69) is 0 Å². The molecule has 1 aromatic carbocycles. The number of carbonyl (C=O) groups excluding carboxylic acids is 1. The largest absolute Gasteiger partial charge is 0.417 e. The molecule has 5 heteroatoms. The van der Waals surface area contributed by atoms with Gasteiger partial charge in [-0.25, -0.2) is 0 Å². The maximum absolute atomic E-state index is 13.2. The van der Waals surface area contributed by atoms with Gasteiger partial charge in [0.15, 0.2) is 0 Å². The highest BCUT2D eigenvalue weighted by Crippen LogP contribution is 2.60. The summed E-state index contributed by atoms with van der Waals surface area (Å²) in [6, 6.07) is 5.12. The van der Waals surface area contributed by atoms with Crippen molar-refractivity contribution in [2.75, 3.05) is 13.6 Å². The van der Waals surface area contributed by atoms with E-state index in [9.17, 15) is 18.0 Å². The molecule has 0 radical (unpaired) electrons. The molecule has 136 valence electrons. The van der Waals surface area contributed by atoms with Crippen molar-refractivity contribution in [2.45, 2.75) is 44.7 Å². The number of nitrogens with zero attached hydrogens (tertiary/aromatic N) is 1. The van der Waals surface area contributed by atoms with E-state index in [1.54, 1.807) is 7.05 Å². The molecule has 4 bridgehead atoms. The van der Waals surface area contributed by atoms with Crippen LogP contribution in [0.15, 0.2) is 24.3 Å². The molecule has 0 heterocycles. The summed E-state index contributed by atoms with van der Waals surface area (Å²) < 4.78 is 39.7. The first-order valence-electron chi connectivity index (χ1n) is 9.17. The Hall–Kier alpha value is -1.52. The summed E-state index contributed by atoms with van der Waals surface area (Å²) >= 11 is 0. The minimum absolute atomic E-state index is 0.131. The molecule has 0 spiro atoms. The molecule has 4 saturated carbocycles. The third-order valence-corrected chi connectivity index (χ3v) is 6.55. The second kappa shape index (κ2) is 5.75. The summed E-state index contributed by atoms with van der Waals surface area (Å²) in [6.45, 7) is 0.585. The van der Waals surface area contributed by atoms with Crippen molar-refractivity contribution in [3.8, 4) is 0 Å². The van der Waals surface area contributed by atoms with Gasteiger partial charge in [0.2, 0.25) is 0 Å². The Bertz CT molecular complexity index is 646. The fourth-order valence-electron chi connectivity index (χ4n) is 6.18. The maximum atomic E-state index is 13.2. The zero-order chi connectivity index (χ0) is 17.8. The lowest BCUT2D eigenvalue weighted by Crippen LogP contribution is -2.51. The molecule has 0 aliphatic heterocycles. The Kier molecular flexibility index (Phi) is 3.89. The van der Waals surface area contributed by atoms with E-state index in [0.29, 0.717) is 6.54 Å². The van der Waals surface area contributed by atoms with Gasteiger partial charge >= 0.3 is 6.18 Å².